The van der Waals surface area contributed by atoms with Crippen LogP contribution < -0.4 is 5.56 Å². The summed E-state index contributed by atoms with van der Waals surface area (Å²) in [6.45, 7) is 4.22. The highest BCUT2D eigenvalue weighted by Gasteiger charge is 2.20. The normalized spacial score (nSPS) is 15.1. The van der Waals surface area contributed by atoms with E-state index < -0.39 is 0 Å². The molecule has 1 fully saturated rings. The van der Waals surface area contributed by atoms with Crippen LogP contribution in [0.1, 0.15) is 12.0 Å². The molecule has 1 amide bonds. The predicted octanol–water partition coefficient (Wildman–Crippen LogP) is 2.04. The van der Waals surface area contributed by atoms with E-state index >= 15 is 0 Å². The monoisotopic (exact) mass is 403 g/mol. The fourth-order valence-electron chi connectivity index (χ4n) is 3.61. The molecule has 2 aromatic carbocycles. The molecule has 30 heavy (non-hydrogen) atoms. The summed E-state index contributed by atoms with van der Waals surface area (Å²) in [5.74, 6) is 0.0522. The van der Waals surface area contributed by atoms with E-state index in [1.54, 1.807) is 18.2 Å². The average molecular weight is 403 g/mol. The van der Waals surface area contributed by atoms with Crippen molar-refractivity contribution in [3.8, 4) is 0 Å². The minimum Gasteiger partial charge on any atom is -0.340 e. The number of nitrogens with zero attached hydrogens (tertiary/aromatic N) is 5. The summed E-state index contributed by atoms with van der Waals surface area (Å²) in [4.78, 5) is 29.3. The van der Waals surface area contributed by atoms with Crippen LogP contribution in [-0.2, 0) is 11.3 Å². The molecule has 0 spiro atoms. The first kappa shape index (κ1) is 20.0. The SMILES string of the molecule is O=C(CCn1nnc2ccccc2c1=O)N1CCN(CC=Cc2ccccc2)CC1. The lowest BCUT2D eigenvalue weighted by Crippen LogP contribution is -2.48. The highest BCUT2D eigenvalue weighted by atomic mass is 16.2. The predicted molar refractivity (Wildman–Crippen MR) is 117 cm³/mol. The Bertz CT molecular complexity index is 1090. The maximum absolute atomic E-state index is 12.6. The fraction of sp³-hybridized carbons (Fsp3) is 0.304. The standard InChI is InChI=1S/C23H25N5O2/c29-22(12-14-28-23(30)20-10-4-5-11-21(20)24-25-28)27-17-15-26(16-18-27)13-6-9-19-7-2-1-3-8-19/h1-11H,12-18H2. The van der Waals surface area contributed by atoms with Crippen molar-refractivity contribution in [2.45, 2.75) is 13.0 Å². The summed E-state index contributed by atoms with van der Waals surface area (Å²) in [5.41, 5.74) is 1.56. The van der Waals surface area contributed by atoms with Crippen molar-refractivity contribution in [1.82, 2.24) is 24.8 Å². The van der Waals surface area contributed by atoms with E-state index in [1.807, 2.05) is 29.2 Å². The first-order chi connectivity index (χ1) is 14.7. The second-order valence-electron chi connectivity index (χ2n) is 7.38. The minimum absolute atomic E-state index is 0.0522. The molecule has 154 valence electrons. The van der Waals surface area contributed by atoms with Crippen molar-refractivity contribution in [3.63, 3.8) is 0 Å². The Kier molecular flexibility index (Phi) is 6.29. The quantitative estimate of drug-likeness (QED) is 0.630. The van der Waals surface area contributed by atoms with E-state index in [2.05, 4.69) is 39.5 Å². The largest absolute Gasteiger partial charge is 0.340 e. The third kappa shape index (κ3) is 4.80. The summed E-state index contributed by atoms with van der Waals surface area (Å²) in [6.07, 6.45) is 4.54. The second-order valence-corrected chi connectivity index (χ2v) is 7.38. The van der Waals surface area contributed by atoms with Crippen LogP contribution in [-0.4, -0.2) is 63.4 Å². The molecule has 1 aliphatic heterocycles. The molecule has 1 saturated heterocycles. The number of benzene rings is 2. The zero-order valence-electron chi connectivity index (χ0n) is 16.9. The van der Waals surface area contributed by atoms with Crippen molar-refractivity contribution in [3.05, 3.63) is 76.6 Å². The number of aromatic nitrogens is 3. The second kappa shape index (κ2) is 9.45. The Morgan fingerprint density at radius 1 is 0.967 bits per heavy atom. The van der Waals surface area contributed by atoms with Crippen LogP contribution in [0.25, 0.3) is 17.0 Å². The lowest BCUT2D eigenvalue weighted by Gasteiger charge is -2.34. The van der Waals surface area contributed by atoms with Crippen molar-refractivity contribution in [2.24, 2.45) is 0 Å². The molecule has 7 heteroatoms. The lowest BCUT2D eigenvalue weighted by atomic mass is 10.2. The zero-order valence-corrected chi connectivity index (χ0v) is 16.9. The molecule has 0 unspecified atom stereocenters. The summed E-state index contributed by atoms with van der Waals surface area (Å²) in [5, 5.41) is 8.55. The molecule has 0 aliphatic carbocycles. The van der Waals surface area contributed by atoms with Gasteiger partial charge in [0, 0.05) is 39.1 Å². The van der Waals surface area contributed by atoms with Gasteiger partial charge in [0.15, 0.2) is 0 Å². The minimum atomic E-state index is -0.205. The zero-order chi connectivity index (χ0) is 20.8. The molecule has 2 heterocycles. The molecule has 0 radical (unpaired) electrons. The van der Waals surface area contributed by atoms with Gasteiger partial charge in [-0.25, -0.2) is 4.68 Å². The van der Waals surface area contributed by atoms with Gasteiger partial charge in [0.1, 0.15) is 5.52 Å². The Morgan fingerprint density at radius 3 is 2.50 bits per heavy atom. The van der Waals surface area contributed by atoms with Gasteiger partial charge in [-0.3, -0.25) is 14.5 Å². The van der Waals surface area contributed by atoms with E-state index in [4.69, 9.17) is 0 Å². The van der Waals surface area contributed by atoms with Crippen molar-refractivity contribution >= 4 is 22.9 Å². The van der Waals surface area contributed by atoms with E-state index in [0.29, 0.717) is 24.0 Å². The third-order valence-corrected chi connectivity index (χ3v) is 5.37. The smallest absolute Gasteiger partial charge is 0.277 e. The number of hydrogen-bond acceptors (Lipinski definition) is 5. The van der Waals surface area contributed by atoms with Crippen LogP contribution in [0.4, 0.5) is 0 Å². The van der Waals surface area contributed by atoms with Gasteiger partial charge in [-0.2, -0.15) is 0 Å². The van der Waals surface area contributed by atoms with Crippen LogP contribution in [0.5, 0.6) is 0 Å². The van der Waals surface area contributed by atoms with E-state index in [-0.39, 0.29) is 24.4 Å². The van der Waals surface area contributed by atoms with Crippen molar-refractivity contribution in [2.75, 3.05) is 32.7 Å². The van der Waals surface area contributed by atoms with Crippen LogP contribution in [0.15, 0.2) is 65.5 Å². The number of rotatable bonds is 6. The first-order valence-electron chi connectivity index (χ1n) is 10.2. The Morgan fingerprint density at radius 2 is 1.70 bits per heavy atom. The van der Waals surface area contributed by atoms with E-state index in [0.717, 1.165) is 19.6 Å². The molecular formula is C23H25N5O2. The molecule has 0 saturated carbocycles. The van der Waals surface area contributed by atoms with Crippen LogP contribution in [0.2, 0.25) is 0 Å². The molecule has 4 rings (SSSR count). The van der Waals surface area contributed by atoms with Gasteiger partial charge in [0.2, 0.25) is 5.91 Å². The summed E-state index contributed by atoms with van der Waals surface area (Å²) in [7, 11) is 0. The topological polar surface area (TPSA) is 71.3 Å². The Hall–Kier alpha value is -3.32. The van der Waals surface area contributed by atoms with Gasteiger partial charge in [0.25, 0.3) is 5.56 Å². The number of hydrogen-bond donors (Lipinski definition) is 0. The maximum atomic E-state index is 12.6. The van der Waals surface area contributed by atoms with Gasteiger partial charge >= 0.3 is 0 Å². The highest BCUT2D eigenvalue weighted by Crippen LogP contribution is 2.07. The molecule has 7 nitrogen and oxygen atoms in total. The number of fused-ring (bicyclic) bond motifs is 1. The first-order valence-corrected chi connectivity index (χ1v) is 10.2. The average Bonchev–Trinajstić information content (AvgIpc) is 2.80. The maximum Gasteiger partial charge on any atom is 0.277 e. The number of amides is 1. The van der Waals surface area contributed by atoms with Gasteiger partial charge in [0.05, 0.1) is 11.9 Å². The molecule has 1 aliphatic rings. The van der Waals surface area contributed by atoms with Gasteiger partial charge in [-0.15, -0.1) is 5.10 Å². The highest BCUT2D eigenvalue weighted by molar-refractivity contribution is 5.77. The van der Waals surface area contributed by atoms with E-state index in [1.165, 1.54) is 10.2 Å². The van der Waals surface area contributed by atoms with Crippen LogP contribution in [0, 0.1) is 0 Å². The number of aryl methyl sites for hydroxylation is 1. The fourth-order valence-corrected chi connectivity index (χ4v) is 3.61. The third-order valence-electron chi connectivity index (χ3n) is 5.37. The summed E-state index contributed by atoms with van der Waals surface area (Å²) >= 11 is 0. The van der Waals surface area contributed by atoms with E-state index in [9.17, 15) is 9.59 Å². The Balaban J connectivity index is 1.25. The van der Waals surface area contributed by atoms with Gasteiger partial charge in [-0.05, 0) is 17.7 Å². The van der Waals surface area contributed by atoms with Crippen molar-refractivity contribution in [1.29, 1.82) is 0 Å². The molecule has 0 N–H and O–H groups in total. The molecule has 1 aromatic heterocycles. The summed E-state index contributed by atoms with van der Waals surface area (Å²) < 4.78 is 1.28. The number of piperazine rings is 1. The number of carbonyl (C=O) groups is 1. The van der Waals surface area contributed by atoms with Gasteiger partial charge < -0.3 is 4.90 Å². The molecule has 0 atom stereocenters. The van der Waals surface area contributed by atoms with Gasteiger partial charge in [-0.1, -0.05) is 59.8 Å². The van der Waals surface area contributed by atoms with Crippen molar-refractivity contribution < 1.29 is 4.79 Å². The molecular weight excluding hydrogens is 378 g/mol. The number of carbonyl (C=O) groups excluding carboxylic acids is 1. The summed E-state index contributed by atoms with van der Waals surface area (Å²) in [6, 6.07) is 17.3. The van der Waals surface area contributed by atoms with Crippen LogP contribution >= 0.6 is 0 Å². The van der Waals surface area contributed by atoms with Crippen LogP contribution in [0.3, 0.4) is 0 Å². The molecule has 3 aromatic rings. The molecule has 0 bridgehead atoms. The Labute approximate surface area is 175 Å². The lowest BCUT2D eigenvalue weighted by molar-refractivity contribution is -0.133.